The van der Waals surface area contributed by atoms with E-state index in [4.69, 9.17) is 0 Å². The summed E-state index contributed by atoms with van der Waals surface area (Å²) in [4.78, 5) is 14.6. The minimum absolute atomic E-state index is 0.474. The fourth-order valence-electron chi connectivity index (χ4n) is 3.05. The molecule has 0 aliphatic carbocycles. The molecule has 0 unspecified atom stereocenters. The summed E-state index contributed by atoms with van der Waals surface area (Å²) >= 11 is 0. The van der Waals surface area contributed by atoms with Gasteiger partial charge in [0.15, 0.2) is 0 Å². The molecule has 0 spiro atoms. The van der Waals surface area contributed by atoms with E-state index < -0.39 is 0 Å². The smallest absolute Gasteiger partial charge is 0.141 e. The number of fused-ring (bicyclic) bond motifs is 1. The van der Waals surface area contributed by atoms with Gasteiger partial charge in [-0.15, -0.1) is 4.91 Å². The van der Waals surface area contributed by atoms with Crippen molar-refractivity contribution < 1.29 is 0 Å². The predicted molar refractivity (Wildman–Crippen MR) is 98.4 cm³/mol. The Balaban J connectivity index is 1.69. The van der Waals surface area contributed by atoms with E-state index in [1.807, 2.05) is 42.5 Å². The predicted octanol–water partition coefficient (Wildman–Crippen LogP) is 5.82. The molecular formula is C21H16N2O. The summed E-state index contributed by atoms with van der Waals surface area (Å²) < 4.78 is 0. The highest BCUT2D eigenvalue weighted by atomic mass is 16.3. The first kappa shape index (κ1) is 14.4. The van der Waals surface area contributed by atoms with Gasteiger partial charge in [-0.25, -0.2) is 0 Å². The molecule has 3 nitrogen and oxygen atoms in total. The highest BCUT2D eigenvalue weighted by Gasteiger charge is 2.13. The fraction of sp³-hybridized carbons (Fsp3) is 0.0476. The molecule has 0 aliphatic rings. The van der Waals surface area contributed by atoms with Gasteiger partial charge in [0.1, 0.15) is 5.69 Å². The Morgan fingerprint density at radius 3 is 2.17 bits per heavy atom. The first-order valence-corrected chi connectivity index (χ1v) is 7.92. The van der Waals surface area contributed by atoms with Crippen molar-refractivity contribution in [3.63, 3.8) is 0 Å². The van der Waals surface area contributed by atoms with Crippen LogP contribution in [0.1, 0.15) is 11.1 Å². The van der Waals surface area contributed by atoms with Gasteiger partial charge in [0.25, 0.3) is 0 Å². The van der Waals surface area contributed by atoms with Gasteiger partial charge < -0.3 is 4.98 Å². The number of H-pyrrole nitrogens is 1. The molecule has 0 radical (unpaired) electrons. The lowest BCUT2D eigenvalue weighted by molar-refractivity contribution is 1.19. The monoisotopic (exact) mass is 312 g/mol. The molecule has 1 heterocycles. The molecule has 0 saturated heterocycles. The number of aromatic nitrogens is 1. The normalized spacial score (nSPS) is 10.8. The van der Waals surface area contributed by atoms with Gasteiger partial charge in [-0.3, -0.25) is 0 Å². The van der Waals surface area contributed by atoms with Gasteiger partial charge in [-0.1, -0.05) is 72.8 Å². The molecule has 116 valence electrons. The summed E-state index contributed by atoms with van der Waals surface area (Å²) in [6.45, 7) is 0. The van der Waals surface area contributed by atoms with E-state index in [0.29, 0.717) is 5.69 Å². The van der Waals surface area contributed by atoms with Crippen LogP contribution in [0.25, 0.3) is 22.2 Å². The topological polar surface area (TPSA) is 45.2 Å². The third-order valence-electron chi connectivity index (χ3n) is 4.26. The summed E-state index contributed by atoms with van der Waals surface area (Å²) in [5.74, 6) is 0. The lowest BCUT2D eigenvalue weighted by atomic mass is 10.0. The van der Waals surface area contributed by atoms with Gasteiger partial charge in [0, 0.05) is 16.5 Å². The van der Waals surface area contributed by atoms with Gasteiger partial charge in [-0.2, -0.15) is 0 Å². The zero-order chi connectivity index (χ0) is 16.4. The Morgan fingerprint density at radius 1 is 0.750 bits per heavy atom. The molecule has 4 aromatic rings. The van der Waals surface area contributed by atoms with Crippen LogP contribution in [-0.4, -0.2) is 4.98 Å². The molecule has 3 heteroatoms. The van der Waals surface area contributed by atoms with Gasteiger partial charge in [0.05, 0.1) is 5.69 Å². The summed E-state index contributed by atoms with van der Waals surface area (Å²) in [5.41, 5.74) is 5.67. The lowest BCUT2D eigenvalue weighted by Crippen LogP contribution is -1.87. The van der Waals surface area contributed by atoms with Crippen LogP contribution in [0.3, 0.4) is 0 Å². The Labute approximate surface area is 139 Å². The van der Waals surface area contributed by atoms with Crippen molar-refractivity contribution >= 4 is 16.6 Å². The molecule has 0 saturated carbocycles. The Bertz CT molecular complexity index is 985. The van der Waals surface area contributed by atoms with Crippen LogP contribution in [0, 0.1) is 4.91 Å². The number of benzene rings is 3. The van der Waals surface area contributed by atoms with E-state index in [-0.39, 0.29) is 0 Å². The number of hydrogen-bond acceptors (Lipinski definition) is 2. The van der Waals surface area contributed by atoms with Crippen molar-refractivity contribution in [2.45, 2.75) is 6.42 Å². The molecule has 0 bridgehead atoms. The van der Waals surface area contributed by atoms with E-state index in [1.54, 1.807) is 0 Å². The number of hydrogen-bond donors (Lipinski definition) is 1. The third kappa shape index (κ3) is 2.61. The molecule has 24 heavy (non-hydrogen) atoms. The van der Waals surface area contributed by atoms with Crippen molar-refractivity contribution in [2.75, 3.05) is 0 Å². The van der Waals surface area contributed by atoms with Crippen LogP contribution >= 0.6 is 0 Å². The Morgan fingerprint density at radius 2 is 1.42 bits per heavy atom. The maximum Gasteiger partial charge on any atom is 0.141 e. The van der Waals surface area contributed by atoms with Crippen molar-refractivity contribution in [1.82, 2.24) is 4.98 Å². The maximum atomic E-state index is 11.3. The van der Waals surface area contributed by atoms with Crippen LogP contribution in [0.2, 0.25) is 0 Å². The molecule has 4 rings (SSSR count). The molecule has 0 aliphatic heterocycles. The van der Waals surface area contributed by atoms with Crippen molar-refractivity contribution in [1.29, 1.82) is 0 Å². The molecule has 1 N–H and O–H groups in total. The van der Waals surface area contributed by atoms with Gasteiger partial charge in [-0.05, 0) is 28.8 Å². The average molecular weight is 312 g/mol. The Kier molecular flexibility index (Phi) is 3.67. The van der Waals surface area contributed by atoms with E-state index >= 15 is 0 Å². The number of aromatic amines is 1. The first-order chi connectivity index (χ1) is 11.8. The minimum atomic E-state index is 0.474. The van der Waals surface area contributed by atoms with Crippen molar-refractivity contribution in [3.05, 3.63) is 94.9 Å². The lowest BCUT2D eigenvalue weighted by Gasteiger charge is -2.04. The van der Waals surface area contributed by atoms with Crippen molar-refractivity contribution in [3.8, 4) is 11.3 Å². The van der Waals surface area contributed by atoms with E-state index in [1.165, 1.54) is 11.1 Å². The maximum absolute atomic E-state index is 11.3. The zero-order valence-electron chi connectivity index (χ0n) is 13.1. The summed E-state index contributed by atoms with van der Waals surface area (Å²) in [6, 6.07) is 26.4. The van der Waals surface area contributed by atoms with E-state index in [2.05, 4.69) is 46.6 Å². The summed E-state index contributed by atoms with van der Waals surface area (Å²) in [5, 5.41) is 4.10. The number of rotatable bonds is 4. The highest BCUT2D eigenvalue weighted by Crippen LogP contribution is 2.37. The van der Waals surface area contributed by atoms with Crippen LogP contribution in [0.4, 0.5) is 5.69 Å². The fourth-order valence-corrected chi connectivity index (χ4v) is 3.05. The standard InChI is InChI=1S/C21H16N2O/c24-23-21-18-8-4-5-9-19(18)22-20(21)17-12-10-16(11-13-17)14-15-6-2-1-3-7-15/h1-13,22H,14H2. The van der Waals surface area contributed by atoms with E-state index in [0.717, 1.165) is 28.6 Å². The molecule has 0 fully saturated rings. The van der Waals surface area contributed by atoms with E-state index in [9.17, 15) is 4.91 Å². The molecule has 0 atom stereocenters. The second-order valence-electron chi connectivity index (χ2n) is 5.84. The number of nitrogens with one attached hydrogen (secondary N) is 1. The van der Waals surface area contributed by atoms with Crippen molar-refractivity contribution in [2.24, 2.45) is 5.18 Å². The van der Waals surface area contributed by atoms with Gasteiger partial charge in [0.2, 0.25) is 0 Å². The minimum Gasteiger partial charge on any atom is -0.353 e. The quantitative estimate of drug-likeness (QED) is 0.474. The molecule has 3 aromatic carbocycles. The molecule has 1 aromatic heterocycles. The van der Waals surface area contributed by atoms with Crippen LogP contribution in [0.15, 0.2) is 84.0 Å². The van der Waals surface area contributed by atoms with Crippen LogP contribution < -0.4 is 0 Å². The van der Waals surface area contributed by atoms with Crippen LogP contribution in [-0.2, 0) is 6.42 Å². The Hall–Kier alpha value is -3.20. The second-order valence-corrected chi connectivity index (χ2v) is 5.84. The molecular weight excluding hydrogens is 296 g/mol. The second kappa shape index (κ2) is 6.13. The summed E-state index contributed by atoms with van der Waals surface area (Å²) in [7, 11) is 0. The summed E-state index contributed by atoms with van der Waals surface area (Å²) in [6.07, 6.45) is 0.895. The SMILES string of the molecule is O=Nc1c(-c2ccc(Cc3ccccc3)cc2)[nH]c2ccccc12. The molecule has 0 amide bonds. The number of para-hydroxylation sites is 1. The highest BCUT2D eigenvalue weighted by molar-refractivity contribution is 5.99. The first-order valence-electron chi connectivity index (χ1n) is 7.92. The average Bonchev–Trinajstić information content (AvgIpc) is 3.02. The number of nitrogens with zero attached hydrogens (tertiary/aromatic N) is 1. The number of nitroso groups, excluding NO2 is 1. The largest absolute Gasteiger partial charge is 0.353 e. The third-order valence-corrected chi connectivity index (χ3v) is 4.26. The van der Waals surface area contributed by atoms with Gasteiger partial charge >= 0.3 is 0 Å². The van der Waals surface area contributed by atoms with Crippen LogP contribution in [0.5, 0.6) is 0 Å². The zero-order valence-corrected chi connectivity index (χ0v) is 13.1.